The molecule has 1 fully saturated rings. The van der Waals surface area contributed by atoms with Crippen molar-refractivity contribution in [3.63, 3.8) is 0 Å². The molecule has 0 atom stereocenters. The molecule has 0 aromatic carbocycles. The van der Waals surface area contributed by atoms with Crippen LogP contribution in [0.4, 0.5) is 0 Å². The van der Waals surface area contributed by atoms with E-state index in [9.17, 15) is 8.42 Å². The Morgan fingerprint density at radius 2 is 2.12 bits per heavy atom. The molecular weight excluding hydrogens is 280 g/mol. The monoisotopic (exact) mass is 294 g/mol. The zero-order chi connectivity index (χ0) is 12.8. The van der Waals surface area contributed by atoms with Gasteiger partial charge in [-0.15, -0.1) is 0 Å². The first-order valence-corrected chi connectivity index (χ1v) is 7.99. The maximum absolute atomic E-state index is 12.4. The van der Waals surface area contributed by atoms with Crippen molar-refractivity contribution in [3.8, 4) is 0 Å². The summed E-state index contributed by atoms with van der Waals surface area (Å²) in [5, 5.41) is 0. The molecule has 7 heteroatoms. The third-order valence-electron chi connectivity index (χ3n) is 2.94. The van der Waals surface area contributed by atoms with Crippen molar-refractivity contribution in [2.24, 2.45) is 5.41 Å². The van der Waals surface area contributed by atoms with Crippen molar-refractivity contribution in [3.05, 3.63) is 10.2 Å². The lowest BCUT2D eigenvalue weighted by atomic mass is 9.93. The van der Waals surface area contributed by atoms with E-state index < -0.39 is 10.0 Å². The molecule has 1 aliphatic heterocycles. The van der Waals surface area contributed by atoms with E-state index in [0.29, 0.717) is 18.8 Å². The molecule has 96 valence electrons. The smallest absolute Gasteiger partial charge is 0.229 e. The van der Waals surface area contributed by atoms with Crippen molar-refractivity contribution < 1.29 is 8.42 Å². The minimum Gasteiger partial charge on any atom is -0.229 e. The first-order valence-electron chi connectivity index (χ1n) is 5.35. The zero-order valence-corrected chi connectivity index (χ0v) is 12.4. The number of nitrogens with zero attached hydrogens (tertiary/aromatic N) is 2. The second-order valence-electron chi connectivity index (χ2n) is 5.09. The molecule has 1 aromatic rings. The fraction of sp³-hybridized carbons (Fsp3) is 0.700. The fourth-order valence-corrected chi connectivity index (χ4v) is 5.48. The number of aromatic nitrogens is 1. The van der Waals surface area contributed by atoms with Crippen molar-refractivity contribution >= 4 is 33.0 Å². The van der Waals surface area contributed by atoms with Crippen LogP contribution in [0.2, 0.25) is 4.47 Å². The highest BCUT2D eigenvalue weighted by molar-refractivity contribution is 7.91. The second-order valence-corrected chi connectivity index (χ2v) is 8.81. The molecule has 17 heavy (non-hydrogen) atoms. The summed E-state index contributed by atoms with van der Waals surface area (Å²) in [7, 11) is -3.41. The van der Waals surface area contributed by atoms with Gasteiger partial charge in [-0.2, -0.15) is 4.31 Å². The maximum atomic E-state index is 12.4. The lowest BCUT2D eigenvalue weighted by molar-refractivity contribution is 0.376. The standard InChI is InChI=1S/C10H15ClN2O2S2/c1-7-8(16-9(11)12-7)17(14,15)13-5-4-10(2,3)6-13/h4-6H2,1-3H3. The first kappa shape index (κ1) is 13.3. The third kappa shape index (κ3) is 2.50. The van der Waals surface area contributed by atoms with E-state index >= 15 is 0 Å². The van der Waals surface area contributed by atoms with Crippen molar-refractivity contribution in [2.45, 2.75) is 31.4 Å². The molecule has 0 N–H and O–H groups in total. The van der Waals surface area contributed by atoms with Gasteiger partial charge in [-0.25, -0.2) is 13.4 Å². The van der Waals surface area contributed by atoms with E-state index in [1.54, 1.807) is 6.92 Å². The average Bonchev–Trinajstić information content (AvgIpc) is 2.69. The molecule has 0 unspecified atom stereocenters. The Kier molecular flexibility index (Phi) is 3.27. The van der Waals surface area contributed by atoms with Crippen molar-refractivity contribution in [1.82, 2.24) is 9.29 Å². The predicted octanol–water partition coefficient (Wildman–Crippen LogP) is 2.53. The molecule has 0 spiro atoms. The second kappa shape index (κ2) is 4.19. The predicted molar refractivity (Wildman–Crippen MR) is 69.0 cm³/mol. The lowest BCUT2D eigenvalue weighted by Crippen LogP contribution is -2.30. The van der Waals surface area contributed by atoms with Gasteiger partial charge >= 0.3 is 0 Å². The van der Waals surface area contributed by atoms with Crippen LogP contribution in [0.25, 0.3) is 0 Å². The van der Waals surface area contributed by atoms with E-state index in [-0.39, 0.29) is 14.1 Å². The molecule has 2 rings (SSSR count). The van der Waals surface area contributed by atoms with Gasteiger partial charge in [0.05, 0.1) is 5.69 Å². The first-order chi connectivity index (χ1) is 7.72. The summed E-state index contributed by atoms with van der Waals surface area (Å²) >= 11 is 6.79. The van der Waals surface area contributed by atoms with Crippen LogP contribution in [-0.2, 0) is 10.0 Å². The molecule has 0 radical (unpaired) electrons. The summed E-state index contributed by atoms with van der Waals surface area (Å²) in [5.74, 6) is 0. The van der Waals surface area contributed by atoms with E-state index in [4.69, 9.17) is 11.6 Å². The highest BCUT2D eigenvalue weighted by atomic mass is 35.5. The number of hydrogen-bond acceptors (Lipinski definition) is 4. The Hall–Kier alpha value is -0.170. The normalized spacial score (nSPS) is 20.9. The Morgan fingerprint density at radius 1 is 1.47 bits per heavy atom. The van der Waals surface area contributed by atoms with Gasteiger partial charge in [0, 0.05) is 13.1 Å². The van der Waals surface area contributed by atoms with Gasteiger partial charge < -0.3 is 0 Å². The number of rotatable bonds is 2. The SMILES string of the molecule is Cc1nc(Cl)sc1S(=O)(=O)N1CCC(C)(C)C1. The Bertz CT molecular complexity index is 537. The van der Waals surface area contributed by atoms with Crippen LogP contribution in [0.15, 0.2) is 4.21 Å². The average molecular weight is 295 g/mol. The molecule has 0 aliphatic carbocycles. The number of thiazole rings is 1. The van der Waals surface area contributed by atoms with Crippen LogP contribution in [0.1, 0.15) is 26.0 Å². The molecule has 1 aromatic heterocycles. The Labute approximate surface area is 111 Å². The minimum absolute atomic E-state index is 0.0510. The molecule has 0 saturated carbocycles. The van der Waals surface area contributed by atoms with Gasteiger partial charge in [-0.3, -0.25) is 0 Å². The Morgan fingerprint density at radius 3 is 2.53 bits per heavy atom. The van der Waals surface area contributed by atoms with Crippen LogP contribution in [-0.4, -0.2) is 30.8 Å². The van der Waals surface area contributed by atoms with E-state index in [0.717, 1.165) is 17.8 Å². The summed E-state index contributed by atoms with van der Waals surface area (Å²) in [6.07, 6.45) is 0.887. The number of sulfonamides is 1. The molecule has 4 nitrogen and oxygen atoms in total. The molecule has 2 heterocycles. The van der Waals surface area contributed by atoms with E-state index in [1.165, 1.54) is 4.31 Å². The topological polar surface area (TPSA) is 50.3 Å². The summed E-state index contributed by atoms with van der Waals surface area (Å²) in [6.45, 7) is 6.97. The van der Waals surface area contributed by atoms with Crippen LogP contribution < -0.4 is 0 Å². The van der Waals surface area contributed by atoms with Crippen LogP contribution in [0, 0.1) is 12.3 Å². The molecular formula is C10H15ClN2O2S2. The lowest BCUT2D eigenvalue weighted by Gasteiger charge is -2.19. The van der Waals surface area contributed by atoms with Gasteiger partial charge in [0.15, 0.2) is 8.68 Å². The molecule has 0 bridgehead atoms. The number of hydrogen-bond donors (Lipinski definition) is 0. The van der Waals surface area contributed by atoms with Crippen LogP contribution in [0.3, 0.4) is 0 Å². The minimum atomic E-state index is -3.41. The molecule has 1 saturated heterocycles. The third-order valence-corrected chi connectivity index (χ3v) is 6.64. The summed E-state index contributed by atoms with van der Waals surface area (Å²) in [6, 6.07) is 0. The highest BCUT2D eigenvalue weighted by Crippen LogP contribution is 2.36. The van der Waals surface area contributed by atoms with Crippen molar-refractivity contribution in [2.75, 3.05) is 13.1 Å². The number of halogens is 1. The van der Waals surface area contributed by atoms with E-state index in [1.807, 2.05) is 0 Å². The van der Waals surface area contributed by atoms with Crippen LogP contribution in [0.5, 0.6) is 0 Å². The van der Waals surface area contributed by atoms with Gasteiger partial charge in [0.25, 0.3) is 10.0 Å². The number of aryl methyl sites for hydroxylation is 1. The van der Waals surface area contributed by atoms with Gasteiger partial charge in [0.1, 0.15) is 0 Å². The maximum Gasteiger partial charge on any atom is 0.254 e. The summed E-state index contributed by atoms with van der Waals surface area (Å²) in [5.41, 5.74) is 0.542. The Balaban J connectivity index is 2.35. The quantitative estimate of drug-likeness (QED) is 0.842. The van der Waals surface area contributed by atoms with Crippen LogP contribution >= 0.6 is 22.9 Å². The summed E-state index contributed by atoms with van der Waals surface area (Å²) < 4.78 is 26.9. The molecule has 1 aliphatic rings. The highest BCUT2D eigenvalue weighted by Gasteiger charge is 2.38. The van der Waals surface area contributed by atoms with Crippen molar-refractivity contribution in [1.29, 1.82) is 0 Å². The van der Waals surface area contributed by atoms with Gasteiger partial charge in [-0.1, -0.05) is 36.8 Å². The largest absolute Gasteiger partial charge is 0.254 e. The molecule has 0 amide bonds. The van der Waals surface area contributed by atoms with Gasteiger partial charge in [-0.05, 0) is 18.8 Å². The van der Waals surface area contributed by atoms with Gasteiger partial charge in [0.2, 0.25) is 0 Å². The fourth-order valence-electron chi connectivity index (χ4n) is 1.98. The zero-order valence-electron chi connectivity index (χ0n) is 10.0. The van der Waals surface area contributed by atoms with E-state index in [2.05, 4.69) is 18.8 Å². The summed E-state index contributed by atoms with van der Waals surface area (Å²) in [4.78, 5) is 3.96.